The van der Waals surface area contributed by atoms with E-state index in [1.807, 2.05) is 5.51 Å². The molecule has 0 aromatic carbocycles. The lowest BCUT2D eigenvalue weighted by atomic mass is 10.3. The molecule has 0 saturated heterocycles. The van der Waals surface area contributed by atoms with Crippen molar-refractivity contribution in [3.8, 4) is 0 Å². The van der Waals surface area contributed by atoms with E-state index in [1.165, 1.54) is 12.8 Å². The van der Waals surface area contributed by atoms with Crippen LogP contribution in [0.1, 0.15) is 25.5 Å². The van der Waals surface area contributed by atoms with Gasteiger partial charge in [-0.1, -0.05) is 0 Å². The number of nitrogens with zero attached hydrogens (tertiary/aromatic N) is 2. The van der Waals surface area contributed by atoms with E-state index in [0.717, 1.165) is 24.8 Å². The molecule has 1 N–H and O–H groups in total. The molecule has 1 fully saturated rings. The van der Waals surface area contributed by atoms with E-state index in [2.05, 4.69) is 34.6 Å². The Hall–Kier alpha value is -0.450. The molecule has 0 spiro atoms. The summed E-state index contributed by atoms with van der Waals surface area (Å²) in [5.74, 6) is 0. The molecule has 1 aromatic rings. The van der Waals surface area contributed by atoms with Crippen LogP contribution in [0.3, 0.4) is 0 Å². The molecular formula is C11H19N3S. The van der Waals surface area contributed by atoms with Gasteiger partial charge in [-0.3, -0.25) is 4.90 Å². The van der Waals surface area contributed by atoms with E-state index >= 15 is 0 Å². The zero-order valence-electron chi connectivity index (χ0n) is 9.44. The minimum atomic E-state index is 0.621. The Balaban J connectivity index is 1.64. The van der Waals surface area contributed by atoms with Crippen molar-refractivity contribution in [1.29, 1.82) is 0 Å². The third-order valence-corrected chi connectivity index (χ3v) is 3.68. The van der Waals surface area contributed by atoms with Crippen LogP contribution in [0.2, 0.25) is 0 Å². The van der Waals surface area contributed by atoms with Crippen molar-refractivity contribution in [1.82, 2.24) is 15.2 Å². The predicted molar refractivity (Wildman–Crippen MR) is 64.1 cm³/mol. The zero-order valence-corrected chi connectivity index (χ0v) is 10.3. The van der Waals surface area contributed by atoms with Gasteiger partial charge in [-0.25, -0.2) is 4.98 Å². The van der Waals surface area contributed by atoms with Gasteiger partial charge in [0.2, 0.25) is 0 Å². The molecule has 2 rings (SSSR count). The van der Waals surface area contributed by atoms with Gasteiger partial charge >= 0.3 is 0 Å². The number of likely N-dealkylation sites (N-methyl/N-ethyl adjacent to an activating group) is 1. The molecule has 15 heavy (non-hydrogen) atoms. The molecule has 1 aliphatic carbocycles. The zero-order chi connectivity index (χ0) is 10.7. The van der Waals surface area contributed by atoms with E-state index in [4.69, 9.17) is 0 Å². The summed E-state index contributed by atoms with van der Waals surface area (Å²) >= 11 is 1.66. The van der Waals surface area contributed by atoms with Crippen LogP contribution in [-0.4, -0.2) is 35.6 Å². The second-order valence-corrected chi connectivity index (χ2v) is 5.08. The van der Waals surface area contributed by atoms with Crippen LogP contribution >= 0.6 is 11.3 Å². The lowest BCUT2D eigenvalue weighted by Crippen LogP contribution is -2.38. The quantitative estimate of drug-likeness (QED) is 0.799. The first kappa shape index (κ1) is 11.0. The standard InChI is InChI=1S/C11H19N3S/c1-9(14(2)11-3-4-11)5-12-6-10-7-15-8-13-10/h7-9,11-12H,3-6H2,1-2H3. The highest BCUT2D eigenvalue weighted by atomic mass is 32.1. The molecule has 0 aliphatic heterocycles. The number of hydrogen-bond donors (Lipinski definition) is 1. The fourth-order valence-corrected chi connectivity index (χ4v) is 2.28. The van der Waals surface area contributed by atoms with Gasteiger partial charge in [-0.15, -0.1) is 11.3 Å². The fourth-order valence-electron chi connectivity index (χ4n) is 1.72. The Morgan fingerprint density at radius 1 is 1.67 bits per heavy atom. The minimum Gasteiger partial charge on any atom is -0.310 e. The number of thiazole rings is 1. The summed E-state index contributed by atoms with van der Waals surface area (Å²) in [4.78, 5) is 6.73. The van der Waals surface area contributed by atoms with E-state index in [9.17, 15) is 0 Å². The average molecular weight is 225 g/mol. The smallest absolute Gasteiger partial charge is 0.0795 e. The maximum absolute atomic E-state index is 4.25. The van der Waals surface area contributed by atoms with Crippen LogP contribution in [0.25, 0.3) is 0 Å². The summed E-state index contributed by atoms with van der Waals surface area (Å²) in [7, 11) is 2.23. The number of rotatable bonds is 6. The molecule has 1 unspecified atom stereocenters. The van der Waals surface area contributed by atoms with E-state index in [-0.39, 0.29) is 0 Å². The van der Waals surface area contributed by atoms with Crippen LogP contribution in [0, 0.1) is 0 Å². The van der Waals surface area contributed by atoms with Crippen LogP contribution in [0.4, 0.5) is 0 Å². The Bertz CT molecular complexity index is 282. The number of hydrogen-bond acceptors (Lipinski definition) is 4. The molecule has 84 valence electrons. The predicted octanol–water partition coefficient (Wildman–Crippen LogP) is 1.72. The molecule has 1 heterocycles. The summed E-state index contributed by atoms with van der Waals surface area (Å²) < 4.78 is 0. The monoisotopic (exact) mass is 225 g/mol. The van der Waals surface area contributed by atoms with Crippen LogP contribution in [0.15, 0.2) is 10.9 Å². The van der Waals surface area contributed by atoms with E-state index in [1.54, 1.807) is 11.3 Å². The normalized spacial score (nSPS) is 18.3. The first-order chi connectivity index (χ1) is 7.27. The fraction of sp³-hybridized carbons (Fsp3) is 0.727. The lowest BCUT2D eigenvalue weighted by molar-refractivity contribution is 0.241. The Morgan fingerprint density at radius 2 is 2.47 bits per heavy atom. The highest BCUT2D eigenvalue weighted by Gasteiger charge is 2.28. The second kappa shape index (κ2) is 5.05. The van der Waals surface area contributed by atoms with Crippen LogP contribution < -0.4 is 5.32 Å². The Labute approximate surface area is 95.5 Å². The molecule has 3 nitrogen and oxygen atoms in total. The molecule has 0 bridgehead atoms. The maximum atomic E-state index is 4.25. The first-order valence-electron chi connectivity index (χ1n) is 5.57. The average Bonchev–Trinajstić information content (AvgIpc) is 2.96. The molecule has 4 heteroatoms. The number of nitrogens with one attached hydrogen (secondary N) is 1. The summed E-state index contributed by atoms with van der Waals surface area (Å²) in [6, 6.07) is 1.47. The third kappa shape index (κ3) is 3.26. The van der Waals surface area contributed by atoms with Crippen LogP contribution in [0.5, 0.6) is 0 Å². The molecule has 1 saturated carbocycles. The summed E-state index contributed by atoms with van der Waals surface area (Å²) in [6.07, 6.45) is 2.76. The first-order valence-corrected chi connectivity index (χ1v) is 6.51. The highest BCUT2D eigenvalue weighted by Crippen LogP contribution is 2.26. The van der Waals surface area contributed by atoms with Crippen molar-refractivity contribution in [3.05, 3.63) is 16.6 Å². The molecule has 1 aromatic heterocycles. The Kier molecular flexibility index (Phi) is 3.72. The summed E-state index contributed by atoms with van der Waals surface area (Å²) in [5.41, 5.74) is 3.04. The van der Waals surface area contributed by atoms with Crippen molar-refractivity contribution in [2.24, 2.45) is 0 Å². The largest absolute Gasteiger partial charge is 0.310 e. The second-order valence-electron chi connectivity index (χ2n) is 4.36. The van der Waals surface area contributed by atoms with Gasteiger partial charge in [-0.05, 0) is 26.8 Å². The lowest BCUT2D eigenvalue weighted by Gasteiger charge is -2.24. The summed E-state index contributed by atoms with van der Waals surface area (Å²) in [6.45, 7) is 4.23. The molecular weight excluding hydrogens is 206 g/mol. The van der Waals surface area contributed by atoms with E-state index in [0.29, 0.717) is 6.04 Å². The topological polar surface area (TPSA) is 28.2 Å². The highest BCUT2D eigenvalue weighted by molar-refractivity contribution is 7.07. The minimum absolute atomic E-state index is 0.621. The van der Waals surface area contributed by atoms with Gasteiger partial charge in [0.1, 0.15) is 0 Å². The molecule has 1 atom stereocenters. The van der Waals surface area contributed by atoms with Gasteiger partial charge in [0.05, 0.1) is 11.2 Å². The molecule has 1 aliphatic rings. The maximum Gasteiger partial charge on any atom is 0.0795 e. The van der Waals surface area contributed by atoms with Crippen molar-refractivity contribution in [3.63, 3.8) is 0 Å². The molecule has 0 radical (unpaired) electrons. The molecule has 0 amide bonds. The van der Waals surface area contributed by atoms with Crippen molar-refractivity contribution in [2.75, 3.05) is 13.6 Å². The third-order valence-electron chi connectivity index (χ3n) is 3.05. The van der Waals surface area contributed by atoms with Crippen molar-refractivity contribution >= 4 is 11.3 Å². The number of aromatic nitrogens is 1. The van der Waals surface area contributed by atoms with E-state index < -0.39 is 0 Å². The summed E-state index contributed by atoms with van der Waals surface area (Å²) in [5, 5.41) is 5.55. The van der Waals surface area contributed by atoms with Crippen molar-refractivity contribution in [2.45, 2.75) is 38.4 Å². The van der Waals surface area contributed by atoms with Gasteiger partial charge in [-0.2, -0.15) is 0 Å². The Morgan fingerprint density at radius 3 is 3.07 bits per heavy atom. The van der Waals surface area contributed by atoms with Gasteiger partial charge in [0.25, 0.3) is 0 Å². The van der Waals surface area contributed by atoms with Gasteiger partial charge < -0.3 is 5.32 Å². The van der Waals surface area contributed by atoms with Crippen LogP contribution in [-0.2, 0) is 6.54 Å². The van der Waals surface area contributed by atoms with Crippen molar-refractivity contribution < 1.29 is 0 Å². The van der Waals surface area contributed by atoms with Gasteiger partial charge in [0.15, 0.2) is 0 Å². The van der Waals surface area contributed by atoms with Gasteiger partial charge in [0, 0.05) is 30.6 Å². The SMILES string of the molecule is CC(CNCc1cscn1)N(C)C1CC1.